The minimum Gasteiger partial charge on any atom is -0.507 e. The van der Waals surface area contributed by atoms with Crippen molar-refractivity contribution in [3.63, 3.8) is 0 Å². The van der Waals surface area contributed by atoms with Crippen LogP contribution in [0, 0.1) is 6.92 Å². The monoisotopic (exact) mass is 653 g/mol. The molecular formula is C27H28F5NO10S. The number of carbonyl (C=O) groups excluding carboxylic acids is 2. The maximum Gasteiger partial charge on any atom is 0.404 e. The van der Waals surface area contributed by atoms with Crippen molar-refractivity contribution in [1.82, 2.24) is 0 Å². The molecular weight excluding hydrogens is 625 g/mol. The topological polar surface area (TPSA) is 168 Å². The number of hydrogen-bond acceptors (Lipinski definition) is 10. The van der Waals surface area contributed by atoms with Gasteiger partial charge in [0.2, 0.25) is 6.29 Å². The highest BCUT2D eigenvalue weighted by Gasteiger charge is 2.65. The van der Waals surface area contributed by atoms with E-state index in [-0.39, 0.29) is 34.4 Å². The van der Waals surface area contributed by atoms with E-state index in [1.54, 1.807) is 13.8 Å². The lowest BCUT2D eigenvalue weighted by Gasteiger charge is -2.47. The summed E-state index contributed by atoms with van der Waals surface area (Å²) in [7, 11) is -8.78. The predicted molar refractivity (Wildman–Crippen MR) is 146 cm³/mol. The summed E-state index contributed by atoms with van der Waals surface area (Å²) in [6.45, 7) is 4.59. The lowest BCUT2D eigenvalue weighted by Crippen LogP contribution is -2.65. The highest BCUT2D eigenvalue weighted by molar-refractivity contribution is 8.45. The van der Waals surface area contributed by atoms with Gasteiger partial charge in [-0.2, -0.15) is 0 Å². The molecule has 1 fully saturated rings. The summed E-state index contributed by atoms with van der Waals surface area (Å²) < 4.78 is 93.5. The second kappa shape index (κ2) is 10.3. The zero-order valence-electron chi connectivity index (χ0n) is 23.5. The molecule has 1 aliphatic heterocycles. The third-order valence-corrected chi connectivity index (χ3v) is 8.19. The quantitative estimate of drug-likeness (QED) is 0.166. The van der Waals surface area contributed by atoms with E-state index >= 15 is 0 Å². The number of ketones is 1. The molecule has 3 aromatic rings. The van der Waals surface area contributed by atoms with Crippen molar-refractivity contribution in [3.8, 4) is 11.5 Å². The van der Waals surface area contributed by atoms with Gasteiger partial charge < -0.3 is 39.3 Å². The Labute approximate surface area is 246 Å². The number of carbonyl (C=O) groups is 2. The fourth-order valence-electron chi connectivity index (χ4n) is 4.93. The number of aliphatic hydroxyl groups excluding tert-OH is 1. The molecule has 0 spiro atoms. The molecule has 0 saturated carbocycles. The van der Waals surface area contributed by atoms with Crippen LogP contribution in [0.25, 0.3) is 11.0 Å². The van der Waals surface area contributed by atoms with Gasteiger partial charge in [0, 0.05) is 24.7 Å². The van der Waals surface area contributed by atoms with Crippen LogP contribution in [0.15, 0.2) is 50.5 Å². The molecule has 1 amide bonds. The van der Waals surface area contributed by atoms with E-state index in [0.717, 1.165) is 6.07 Å². The number of halogens is 5. The molecule has 2 heterocycles. The number of hydrogen-bond donors (Lipinski definition) is 3. The van der Waals surface area contributed by atoms with Crippen molar-refractivity contribution >= 4 is 33.1 Å². The normalized spacial score (nSPS) is 23.4. The number of aryl methyl sites for hydroxylation is 1. The molecule has 4 atom stereocenters. The number of methoxy groups -OCH3 is 1. The third-order valence-electron chi connectivity index (χ3n) is 7.05. The molecule has 242 valence electrons. The summed E-state index contributed by atoms with van der Waals surface area (Å²) in [5, 5.41) is 21.6. The molecule has 1 aromatic heterocycles. The minimum atomic E-state index is -10.1. The molecule has 0 unspecified atom stereocenters. The highest BCUT2D eigenvalue weighted by atomic mass is 32.5. The van der Waals surface area contributed by atoms with Gasteiger partial charge in [-0.15, -0.1) is 0 Å². The predicted octanol–water partition coefficient (Wildman–Crippen LogP) is 5.24. The lowest BCUT2D eigenvalue weighted by molar-refractivity contribution is -0.304. The van der Waals surface area contributed by atoms with Crippen molar-refractivity contribution in [1.29, 1.82) is 0 Å². The first kappa shape index (κ1) is 33.0. The van der Waals surface area contributed by atoms with Crippen LogP contribution < -0.4 is 16.1 Å². The molecule has 1 saturated heterocycles. The maximum absolute atomic E-state index is 13.2. The number of fused-ring (bicyclic) bond motifs is 1. The van der Waals surface area contributed by atoms with Gasteiger partial charge in [0.15, 0.2) is 18.0 Å². The summed E-state index contributed by atoms with van der Waals surface area (Å²) in [4.78, 5) is 34.7. The van der Waals surface area contributed by atoms with E-state index in [9.17, 15) is 44.0 Å². The van der Waals surface area contributed by atoms with Gasteiger partial charge in [-0.05, 0) is 45.0 Å². The van der Waals surface area contributed by atoms with Gasteiger partial charge in [0.1, 0.15) is 28.1 Å². The largest absolute Gasteiger partial charge is 0.507 e. The van der Waals surface area contributed by atoms with Gasteiger partial charge in [0.05, 0.1) is 16.6 Å². The van der Waals surface area contributed by atoms with E-state index in [0.29, 0.717) is 6.07 Å². The number of rotatable bonds is 8. The van der Waals surface area contributed by atoms with Crippen LogP contribution in [0.5, 0.6) is 11.5 Å². The van der Waals surface area contributed by atoms with Gasteiger partial charge in [-0.3, -0.25) is 4.79 Å². The molecule has 0 aliphatic carbocycles. The first-order chi connectivity index (χ1) is 20.0. The summed E-state index contributed by atoms with van der Waals surface area (Å²) >= 11 is 0. The van der Waals surface area contributed by atoms with Crippen molar-refractivity contribution < 1.29 is 62.6 Å². The van der Waals surface area contributed by atoms with Crippen LogP contribution >= 0.6 is 10.2 Å². The lowest BCUT2D eigenvalue weighted by atomic mass is 9.89. The van der Waals surface area contributed by atoms with E-state index < -0.39 is 86.1 Å². The van der Waals surface area contributed by atoms with Crippen LogP contribution in [-0.2, 0) is 20.6 Å². The average Bonchev–Trinajstić information content (AvgIpc) is 2.89. The van der Waals surface area contributed by atoms with Crippen LogP contribution in [0.4, 0.5) is 24.2 Å². The minimum absolute atomic E-state index is 0.00905. The Morgan fingerprint density at radius 2 is 1.77 bits per heavy atom. The second-order valence-corrected chi connectivity index (χ2v) is 13.0. The molecule has 2 aromatic carbocycles. The summed E-state index contributed by atoms with van der Waals surface area (Å²) in [5.74, 6) is -1.92. The first-order valence-electron chi connectivity index (χ1n) is 12.7. The Balaban J connectivity index is 1.66. The first-order valence-corrected chi connectivity index (χ1v) is 14.7. The van der Waals surface area contributed by atoms with Gasteiger partial charge in [0.25, 0.3) is 0 Å². The summed E-state index contributed by atoms with van der Waals surface area (Å²) in [5.41, 5.74) is 1.24. The number of ether oxygens (including phenoxy) is 4. The zero-order valence-corrected chi connectivity index (χ0v) is 24.3. The summed E-state index contributed by atoms with van der Waals surface area (Å²) in [6.07, 6.45) is -7.48. The fraction of sp³-hybridized carbons (Fsp3) is 0.370. The van der Waals surface area contributed by atoms with Crippen molar-refractivity contribution in [2.45, 2.75) is 62.3 Å². The van der Waals surface area contributed by atoms with Gasteiger partial charge in [-0.25, -0.2) is 9.59 Å². The molecule has 11 nitrogen and oxygen atoms in total. The Hall–Kier alpha value is -3.93. The molecule has 0 bridgehead atoms. The SMILES string of the molecule is CO[C@@H]1[C@@H](OC(N)=O)[C@@H](O)[C@H](Oc2ccc3c(O)c(CC(=O)c4cccc(S(F)(F)(F)(F)F)c4)c(=O)oc3c2C)OC1(C)C. The Bertz CT molecular complexity index is 1710. The molecule has 17 heteroatoms. The fourth-order valence-corrected chi connectivity index (χ4v) is 5.61. The molecule has 44 heavy (non-hydrogen) atoms. The number of Topliss-reactive ketones (excluding diaryl/α,β-unsaturated/α-hetero) is 1. The van der Waals surface area contributed by atoms with Crippen LogP contribution in [0.3, 0.4) is 0 Å². The summed E-state index contributed by atoms with van der Waals surface area (Å²) in [6, 6.07) is 4.13. The number of amides is 1. The van der Waals surface area contributed by atoms with Crippen molar-refractivity contribution in [3.05, 3.63) is 63.5 Å². The van der Waals surface area contributed by atoms with E-state index in [1.165, 1.54) is 26.2 Å². The van der Waals surface area contributed by atoms with Crippen LogP contribution in [0.1, 0.15) is 35.3 Å². The standard InChI is InChI=1S/C27H28F5NO10S/c1-12-18(40-25-20(36)22(42-26(33)38)23(39-4)27(2,3)43-25)9-8-15-19(35)16(24(37)41-21(12)15)11-17(34)13-6-5-7-14(10-13)44(28,29,30,31)32/h5-10,20,22-23,25,35-36H,11H2,1-4H3,(H2,33,38)/t20-,22+,23-,25-/m1/s1. The Morgan fingerprint density at radius 3 is 2.36 bits per heavy atom. The van der Waals surface area contributed by atoms with Crippen LogP contribution in [0.2, 0.25) is 0 Å². The highest BCUT2D eigenvalue weighted by Crippen LogP contribution is 3.02. The Kier molecular flexibility index (Phi) is 7.73. The number of aliphatic hydroxyl groups is 1. The molecule has 0 radical (unpaired) electrons. The average molecular weight is 654 g/mol. The Morgan fingerprint density at radius 1 is 1.11 bits per heavy atom. The molecule has 4 N–H and O–H groups in total. The number of primary amides is 1. The van der Waals surface area contributed by atoms with Crippen LogP contribution in [-0.4, -0.2) is 59.4 Å². The number of aromatic hydroxyl groups is 1. The molecule has 1 aliphatic rings. The van der Waals surface area contributed by atoms with E-state index in [2.05, 4.69) is 0 Å². The van der Waals surface area contributed by atoms with Crippen molar-refractivity contribution in [2.75, 3.05) is 7.11 Å². The van der Waals surface area contributed by atoms with Gasteiger partial charge >= 0.3 is 21.9 Å². The number of benzene rings is 2. The smallest absolute Gasteiger partial charge is 0.404 e. The van der Waals surface area contributed by atoms with Gasteiger partial charge in [-0.1, -0.05) is 31.6 Å². The number of nitrogens with two attached hydrogens (primary N) is 1. The molecule has 4 rings (SSSR count). The van der Waals surface area contributed by atoms with E-state index in [1.807, 2.05) is 0 Å². The third kappa shape index (κ3) is 6.45. The van der Waals surface area contributed by atoms with Crippen molar-refractivity contribution in [2.24, 2.45) is 5.73 Å². The second-order valence-electron chi connectivity index (χ2n) is 10.6. The zero-order chi connectivity index (χ0) is 33.1. The van der Waals surface area contributed by atoms with E-state index in [4.69, 9.17) is 29.1 Å². The maximum atomic E-state index is 13.2.